The van der Waals surface area contributed by atoms with Crippen LogP contribution in [0.2, 0.25) is 0 Å². The summed E-state index contributed by atoms with van der Waals surface area (Å²) < 4.78 is 41.8. The van der Waals surface area contributed by atoms with E-state index in [1.165, 1.54) is 29.9 Å². The monoisotopic (exact) mass is 300 g/mol. The van der Waals surface area contributed by atoms with Crippen LogP contribution in [0.3, 0.4) is 0 Å². The molecular formula is C12H11F3N4O2. The van der Waals surface area contributed by atoms with Crippen LogP contribution in [-0.2, 0) is 7.05 Å². The normalized spacial score (nSPS) is 12.0. The predicted molar refractivity (Wildman–Crippen MR) is 68.1 cm³/mol. The highest BCUT2D eigenvalue weighted by Gasteiger charge is 2.32. The van der Waals surface area contributed by atoms with Gasteiger partial charge < -0.3 is 4.74 Å². The summed E-state index contributed by atoms with van der Waals surface area (Å²) in [6.07, 6.45) is -4.83. The zero-order valence-electron chi connectivity index (χ0n) is 11.1. The van der Waals surface area contributed by atoms with E-state index in [1.54, 1.807) is 6.92 Å². The van der Waals surface area contributed by atoms with Crippen LogP contribution < -0.4 is 10.3 Å². The van der Waals surface area contributed by atoms with E-state index in [2.05, 4.69) is 20.1 Å². The smallest absolute Gasteiger partial charge is 0.403 e. The Kier molecular flexibility index (Phi) is 3.83. The van der Waals surface area contributed by atoms with Gasteiger partial charge in [-0.15, -0.1) is 23.4 Å². The molecule has 1 heterocycles. The standard InChI is InChI=1S/C12H11F3N4O2/c1-7-10(11(20)19(2)18-7)17-16-8-5-3-4-6-9(8)21-12(13,14)15/h3-6,18H,1-2H3. The fraction of sp³-hybridized carbons (Fsp3) is 0.250. The molecule has 0 aliphatic heterocycles. The molecule has 9 heteroatoms. The lowest BCUT2D eigenvalue weighted by molar-refractivity contribution is -0.274. The highest BCUT2D eigenvalue weighted by atomic mass is 19.4. The van der Waals surface area contributed by atoms with E-state index >= 15 is 0 Å². The largest absolute Gasteiger partial charge is 0.573 e. The lowest BCUT2D eigenvalue weighted by atomic mass is 10.3. The van der Waals surface area contributed by atoms with Crippen molar-refractivity contribution in [2.45, 2.75) is 13.3 Å². The number of benzene rings is 1. The summed E-state index contributed by atoms with van der Waals surface area (Å²) in [5.74, 6) is -0.487. The van der Waals surface area contributed by atoms with Crippen molar-refractivity contribution in [3.8, 4) is 5.75 Å². The van der Waals surface area contributed by atoms with Crippen LogP contribution in [0.15, 0.2) is 39.3 Å². The topological polar surface area (TPSA) is 71.7 Å². The third-order valence-corrected chi connectivity index (χ3v) is 2.55. The molecule has 1 N–H and O–H groups in total. The van der Waals surface area contributed by atoms with Gasteiger partial charge in [0.2, 0.25) is 0 Å². The summed E-state index contributed by atoms with van der Waals surface area (Å²) >= 11 is 0. The second-order valence-corrected chi connectivity index (χ2v) is 4.17. The number of para-hydroxylation sites is 1. The molecule has 112 valence electrons. The lowest BCUT2D eigenvalue weighted by Gasteiger charge is -2.09. The van der Waals surface area contributed by atoms with E-state index in [0.29, 0.717) is 5.69 Å². The van der Waals surface area contributed by atoms with Gasteiger partial charge in [0, 0.05) is 7.05 Å². The Labute approximate surface area is 116 Å². The van der Waals surface area contributed by atoms with Crippen molar-refractivity contribution in [1.82, 2.24) is 9.78 Å². The zero-order chi connectivity index (χ0) is 15.6. The van der Waals surface area contributed by atoms with Gasteiger partial charge in [-0.3, -0.25) is 14.6 Å². The fourth-order valence-corrected chi connectivity index (χ4v) is 1.65. The number of hydrogen-bond acceptors (Lipinski definition) is 4. The number of azo groups is 1. The third-order valence-electron chi connectivity index (χ3n) is 2.55. The van der Waals surface area contributed by atoms with Gasteiger partial charge in [0.05, 0.1) is 5.69 Å². The molecular weight excluding hydrogens is 289 g/mol. The van der Waals surface area contributed by atoms with E-state index in [9.17, 15) is 18.0 Å². The van der Waals surface area contributed by atoms with Gasteiger partial charge in [0.25, 0.3) is 5.56 Å². The van der Waals surface area contributed by atoms with Crippen LogP contribution >= 0.6 is 0 Å². The SMILES string of the molecule is Cc1[nH]n(C)c(=O)c1N=Nc1ccccc1OC(F)(F)F. The maximum Gasteiger partial charge on any atom is 0.573 e. The third kappa shape index (κ3) is 3.50. The first kappa shape index (κ1) is 14.8. The molecule has 2 rings (SSSR count). The molecule has 0 fully saturated rings. The van der Waals surface area contributed by atoms with Crippen LogP contribution in [0, 0.1) is 6.92 Å². The van der Waals surface area contributed by atoms with Crippen molar-refractivity contribution >= 4 is 11.4 Å². The quantitative estimate of drug-likeness (QED) is 0.883. The summed E-state index contributed by atoms with van der Waals surface area (Å²) in [5.41, 5.74) is -0.0669. The minimum atomic E-state index is -4.83. The number of alkyl halides is 3. The minimum absolute atomic E-state index is 0.0271. The summed E-state index contributed by atoms with van der Waals surface area (Å²) in [6, 6.07) is 5.28. The molecule has 0 amide bonds. The van der Waals surface area contributed by atoms with Gasteiger partial charge in [-0.2, -0.15) is 0 Å². The van der Waals surface area contributed by atoms with Gasteiger partial charge in [-0.05, 0) is 19.1 Å². The number of hydrogen-bond donors (Lipinski definition) is 1. The summed E-state index contributed by atoms with van der Waals surface area (Å²) in [7, 11) is 1.50. The summed E-state index contributed by atoms with van der Waals surface area (Å²) in [5, 5.41) is 10.1. The van der Waals surface area contributed by atoms with Crippen LogP contribution in [-0.4, -0.2) is 16.1 Å². The number of ether oxygens (including phenoxy) is 1. The number of aromatic nitrogens is 2. The number of aromatic amines is 1. The Bertz CT molecular complexity index is 731. The molecule has 0 radical (unpaired) electrons. The molecule has 0 atom stereocenters. The Morgan fingerprint density at radius 3 is 2.48 bits per heavy atom. The van der Waals surface area contributed by atoms with Crippen molar-refractivity contribution in [2.24, 2.45) is 17.3 Å². The molecule has 0 unspecified atom stereocenters. The molecule has 0 aliphatic carbocycles. The number of H-pyrrole nitrogens is 1. The molecule has 2 aromatic rings. The lowest BCUT2D eigenvalue weighted by Crippen LogP contribution is -2.17. The van der Waals surface area contributed by atoms with E-state index < -0.39 is 17.7 Å². The van der Waals surface area contributed by atoms with E-state index in [4.69, 9.17) is 0 Å². The van der Waals surface area contributed by atoms with Crippen molar-refractivity contribution in [2.75, 3.05) is 0 Å². The summed E-state index contributed by atoms with van der Waals surface area (Å²) in [4.78, 5) is 11.7. The Balaban J connectivity index is 2.36. The fourth-order valence-electron chi connectivity index (χ4n) is 1.65. The summed E-state index contributed by atoms with van der Waals surface area (Å²) in [6.45, 7) is 1.61. The Morgan fingerprint density at radius 2 is 1.90 bits per heavy atom. The number of aryl methyl sites for hydroxylation is 2. The average Bonchev–Trinajstić information content (AvgIpc) is 2.61. The molecule has 0 saturated carbocycles. The molecule has 0 spiro atoms. The first-order chi connectivity index (χ1) is 9.78. The second kappa shape index (κ2) is 5.43. The van der Waals surface area contributed by atoms with Crippen molar-refractivity contribution < 1.29 is 17.9 Å². The average molecular weight is 300 g/mol. The maximum absolute atomic E-state index is 12.3. The van der Waals surface area contributed by atoms with Crippen LogP contribution in [0.1, 0.15) is 5.69 Å². The van der Waals surface area contributed by atoms with Crippen LogP contribution in [0.4, 0.5) is 24.5 Å². The van der Waals surface area contributed by atoms with Crippen LogP contribution in [0.5, 0.6) is 5.75 Å². The van der Waals surface area contributed by atoms with Crippen molar-refractivity contribution in [3.05, 3.63) is 40.3 Å². The molecule has 6 nitrogen and oxygen atoms in total. The van der Waals surface area contributed by atoms with Crippen LogP contribution in [0.25, 0.3) is 0 Å². The van der Waals surface area contributed by atoms with E-state index in [1.807, 2.05) is 0 Å². The van der Waals surface area contributed by atoms with E-state index in [0.717, 1.165) is 6.07 Å². The van der Waals surface area contributed by atoms with Gasteiger partial charge >= 0.3 is 6.36 Å². The Morgan fingerprint density at radius 1 is 1.24 bits per heavy atom. The van der Waals surface area contributed by atoms with E-state index in [-0.39, 0.29) is 11.4 Å². The molecule has 1 aromatic heterocycles. The second-order valence-electron chi connectivity index (χ2n) is 4.17. The molecule has 0 saturated heterocycles. The molecule has 0 aliphatic rings. The van der Waals surface area contributed by atoms with Crippen molar-refractivity contribution in [3.63, 3.8) is 0 Å². The molecule has 1 aromatic carbocycles. The first-order valence-electron chi connectivity index (χ1n) is 5.80. The predicted octanol–water partition coefficient (Wildman–Crippen LogP) is 3.34. The minimum Gasteiger partial charge on any atom is -0.403 e. The number of nitrogens with zero attached hydrogens (tertiary/aromatic N) is 3. The van der Waals surface area contributed by atoms with Crippen molar-refractivity contribution in [1.29, 1.82) is 0 Å². The number of halogens is 3. The molecule has 0 bridgehead atoms. The highest BCUT2D eigenvalue weighted by molar-refractivity contribution is 5.51. The zero-order valence-corrected chi connectivity index (χ0v) is 11.1. The first-order valence-corrected chi connectivity index (χ1v) is 5.80. The maximum atomic E-state index is 12.3. The van der Waals surface area contributed by atoms with Gasteiger partial charge in [-0.25, -0.2) is 0 Å². The molecule has 21 heavy (non-hydrogen) atoms. The van der Waals surface area contributed by atoms with Gasteiger partial charge in [-0.1, -0.05) is 12.1 Å². The van der Waals surface area contributed by atoms with Gasteiger partial charge in [0.1, 0.15) is 5.69 Å². The number of nitrogens with one attached hydrogen (secondary N) is 1. The highest BCUT2D eigenvalue weighted by Crippen LogP contribution is 2.32. The Hall–Kier alpha value is -2.58. The number of rotatable bonds is 3. The van der Waals surface area contributed by atoms with Gasteiger partial charge in [0.15, 0.2) is 11.4 Å².